The van der Waals surface area contributed by atoms with Crippen molar-refractivity contribution in [3.8, 4) is 17.6 Å². The molecule has 3 rings (SSSR count). The Labute approximate surface area is 174 Å². The highest BCUT2D eigenvalue weighted by molar-refractivity contribution is 7.93. The van der Waals surface area contributed by atoms with E-state index in [-0.39, 0.29) is 23.0 Å². The molecule has 8 nitrogen and oxygen atoms in total. The number of carbonyl (C=O) groups excluding carboxylic acids is 1. The Kier molecular flexibility index (Phi) is 6.28. The number of hydrogen-bond donors (Lipinski definition) is 0. The predicted octanol–water partition coefficient (Wildman–Crippen LogP) is 2.54. The van der Waals surface area contributed by atoms with Crippen LogP contribution in [0.3, 0.4) is 0 Å². The largest absolute Gasteiger partial charge is 0.493 e. The molecule has 0 aromatic heterocycles. The maximum absolute atomic E-state index is 13.5. The smallest absolute Gasteiger partial charge is 0.331 e. The van der Waals surface area contributed by atoms with Crippen molar-refractivity contribution in [2.24, 2.45) is 0 Å². The minimum Gasteiger partial charge on any atom is -0.493 e. The monoisotopic (exact) mass is 428 g/mol. The van der Waals surface area contributed by atoms with Gasteiger partial charge < -0.3 is 14.2 Å². The molecule has 1 heterocycles. The maximum Gasteiger partial charge on any atom is 0.331 e. The normalized spacial score (nSPS) is 13.0. The molecule has 0 bridgehead atoms. The van der Waals surface area contributed by atoms with E-state index >= 15 is 0 Å². The minimum absolute atomic E-state index is 0.0751. The third-order valence-electron chi connectivity index (χ3n) is 4.57. The van der Waals surface area contributed by atoms with Crippen molar-refractivity contribution in [3.05, 3.63) is 53.6 Å². The van der Waals surface area contributed by atoms with Crippen LogP contribution in [0, 0.1) is 11.3 Å². The molecular formula is C21H20N2O6S. The van der Waals surface area contributed by atoms with E-state index in [9.17, 15) is 13.2 Å². The Balaban J connectivity index is 2.06. The highest BCUT2D eigenvalue weighted by atomic mass is 32.2. The summed E-state index contributed by atoms with van der Waals surface area (Å²) in [6.45, 7) is -0.0587. The number of rotatable bonds is 7. The summed E-state index contributed by atoms with van der Waals surface area (Å²) in [6.07, 6.45) is 3.11. The number of sulfonamides is 1. The second-order valence-corrected chi connectivity index (χ2v) is 8.14. The molecule has 30 heavy (non-hydrogen) atoms. The molecule has 0 saturated heterocycles. The first kappa shape index (κ1) is 21.2. The summed E-state index contributed by atoms with van der Waals surface area (Å²) in [5.74, 6) is -0.439. The van der Waals surface area contributed by atoms with Crippen molar-refractivity contribution < 1.29 is 27.4 Å². The number of carbonyl (C=O) groups is 1. The molecule has 9 heteroatoms. The molecule has 156 valence electrons. The highest BCUT2D eigenvalue weighted by Gasteiger charge is 2.34. The van der Waals surface area contributed by atoms with Crippen LogP contribution in [0.4, 0.5) is 5.69 Å². The summed E-state index contributed by atoms with van der Waals surface area (Å²) < 4.78 is 43.7. The molecule has 1 aliphatic heterocycles. The number of fused-ring (bicyclic) bond motifs is 1. The van der Waals surface area contributed by atoms with Gasteiger partial charge in [0.15, 0.2) is 18.1 Å². The van der Waals surface area contributed by atoms with E-state index in [2.05, 4.69) is 4.74 Å². The molecule has 0 spiro atoms. The maximum atomic E-state index is 13.5. The van der Waals surface area contributed by atoms with E-state index in [0.717, 1.165) is 11.6 Å². The van der Waals surface area contributed by atoms with Crippen LogP contribution in [-0.4, -0.2) is 41.8 Å². The molecule has 2 aromatic carbocycles. The number of anilines is 1. The second kappa shape index (κ2) is 8.88. The number of esters is 1. The Hall–Kier alpha value is -3.51. The number of nitriles is 1. The standard InChI is InChI=1S/C21H20N2O6S/c1-27-18-13-15(7-8-20(24)29-12-10-22)14-19(21(18)28-2)30(25,26)23-11-9-16-5-3-4-6-17(16)23/h3-8,13-14H,9,11-12H2,1-2H3. The Morgan fingerprint density at radius 3 is 2.70 bits per heavy atom. The summed E-state index contributed by atoms with van der Waals surface area (Å²) in [5, 5.41) is 8.47. The minimum atomic E-state index is -3.97. The lowest BCUT2D eigenvalue weighted by Gasteiger charge is -2.22. The van der Waals surface area contributed by atoms with Gasteiger partial charge in [-0.2, -0.15) is 5.26 Å². The Morgan fingerprint density at radius 2 is 2.00 bits per heavy atom. The topological polar surface area (TPSA) is 106 Å². The lowest BCUT2D eigenvalue weighted by atomic mass is 10.2. The van der Waals surface area contributed by atoms with Gasteiger partial charge in [-0.3, -0.25) is 4.31 Å². The predicted molar refractivity (Wildman–Crippen MR) is 110 cm³/mol. The van der Waals surface area contributed by atoms with Gasteiger partial charge in [0.1, 0.15) is 11.0 Å². The van der Waals surface area contributed by atoms with Crippen molar-refractivity contribution in [2.45, 2.75) is 11.3 Å². The second-order valence-electron chi connectivity index (χ2n) is 6.31. The molecule has 0 unspecified atom stereocenters. The van der Waals surface area contributed by atoms with Gasteiger partial charge in [0.25, 0.3) is 10.0 Å². The van der Waals surface area contributed by atoms with Crippen LogP contribution in [0.15, 0.2) is 47.4 Å². The summed E-state index contributed by atoms with van der Waals surface area (Å²) in [4.78, 5) is 11.6. The quantitative estimate of drug-likeness (QED) is 0.493. The molecular weight excluding hydrogens is 408 g/mol. The van der Waals surface area contributed by atoms with E-state index in [0.29, 0.717) is 24.2 Å². The molecule has 2 aromatic rings. The average molecular weight is 428 g/mol. The summed E-state index contributed by atoms with van der Waals surface area (Å²) in [7, 11) is -1.21. The molecule has 0 N–H and O–H groups in total. The zero-order chi connectivity index (χ0) is 21.7. The summed E-state index contributed by atoms with van der Waals surface area (Å²) >= 11 is 0. The van der Waals surface area contributed by atoms with E-state index in [1.807, 2.05) is 12.1 Å². The van der Waals surface area contributed by atoms with Gasteiger partial charge in [0.05, 0.1) is 19.9 Å². The number of hydrogen-bond acceptors (Lipinski definition) is 7. The van der Waals surface area contributed by atoms with Gasteiger partial charge in [0.2, 0.25) is 0 Å². The van der Waals surface area contributed by atoms with Crippen LogP contribution in [-0.2, 0) is 26.0 Å². The van der Waals surface area contributed by atoms with Crippen LogP contribution < -0.4 is 13.8 Å². The third kappa shape index (κ3) is 4.09. The Bertz CT molecular complexity index is 1130. The number of para-hydroxylation sites is 1. The van der Waals surface area contributed by atoms with Crippen molar-refractivity contribution in [2.75, 3.05) is 31.7 Å². The van der Waals surface area contributed by atoms with Crippen LogP contribution in [0.2, 0.25) is 0 Å². The summed E-state index contributed by atoms with van der Waals surface area (Å²) in [6, 6.07) is 12.0. The first-order chi connectivity index (χ1) is 14.4. The number of nitrogens with zero attached hydrogens (tertiary/aromatic N) is 2. The zero-order valence-corrected chi connectivity index (χ0v) is 17.3. The van der Waals surface area contributed by atoms with E-state index in [1.54, 1.807) is 24.3 Å². The lowest BCUT2D eigenvalue weighted by molar-refractivity contribution is -0.136. The number of ether oxygens (including phenoxy) is 3. The average Bonchev–Trinajstić information content (AvgIpc) is 3.20. The molecule has 0 amide bonds. The Morgan fingerprint density at radius 1 is 1.23 bits per heavy atom. The third-order valence-corrected chi connectivity index (χ3v) is 6.39. The fourth-order valence-electron chi connectivity index (χ4n) is 3.23. The van der Waals surface area contributed by atoms with Crippen LogP contribution in [0.1, 0.15) is 11.1 Å². The van der Waals surface area contributed by atoms with Crippen molar-refractivity contribution in [1.29, 1.82) is 5.26 Å². The van der Waals surface area contributed by atoms with E-state index < -0.39 is 16.0 Å². The van der Waals surface area contributed by atoms with E-state index in [4.69, 9.17) is 14.7 Å². The van der Waals surface area contributed by atoms with Gasteiger partial charge in [-0.1, -0.05) is 18.2 Å². The lowest BCUT2D eigenvalue weighted by Crippen LogP contribution is -2.29. The van der Waals surface area contributed by atoms with Gasteiger partial charge in [-0.25, -0.2) is 13.2 Å². The molecule has 0 fully saturated rings. The first-order valence-corrected chi connectivity index (χ1v) is 10.4. The van der Waals surface area contributed by atoms with Crippen molar-refractivity contribution >= 4 is 27.8 Å². The zero-order valence-electron chi connectivity index (χ0n) is 16.5. The summed E-state index contributed by atoms with van der Waals surface area (Å²) in [5.41, 5.74) is 1.97. The van der Waals surface area contributed by atoms with E-state index in [1.165, 1.54) is 30.7 Å². The molecule has 0 atom stereocenters. The van der Waals surface area contributed by atoms with Crippen molar-refractivity contribution in [3.63, 3.8) is 0 Å². The highest BCUT2D eigenvalue weighted by Crippen LogP contribution is 2.40. The fraction of sp³-hybridized carbons (Fsp3) is 0.238. The van der Waals surface area contributed by atoms with Gasteiger partial charge in [0, 0.05) is 12.6 Å². The van der Waals surface area contributed by atoms with Crippen LogP contribution in [0.25, 0.3) is 6.08 Å². The first-order valence-electron chi connectivity index (χ1n) is 9.00. The van der Waals surface area contributed by atoms with Gasteiger partial charge in [-0.05, 0) is 41.8 Å². The van der Waals surface area contributed by atoms with Gasteiger partial charge in [-0.15, -0.1) is 0 Å². The van der Waals surface area contributed by atoms with Gasteiger partial charge >= 0.3 is 5.97 Å². The van der Waals surface area contributed by atoms with Crippen molar-refractivity contribution in [1.82, 2.24) is 0 Å². The number of benzene rings is 2. The van der Waals surface area contributed by atoms with Crippen LogP contribution in [0.5, 0.6) is 11.5 Å². The SMILES string of the molecule is COc1cc(C=CC(=O)OCC#N)cc(S(=O)(=O)N2CCc3ccccc32)c1OC. The van der Waals surface area contributed by atoms with Crippen LogP contribution >= 0.6 is 0 Å². The number of methoxy groups -OCH3 is 2. The molecule has 1 aliphatic rings. The molecule has 0 radical (unpaired) electrons. The fourth-order valence-corrected chi connectivity index (χ4v) is 4.94. The molecule has 0 saturated carbocycles. The molecule has 0 aliphatic carbocycles.